The maximum atomic E-state index is 12.5. The van der Waals surface area contributed by atoms with Gasteiger partial charge in [0.1, 0.15) is 5.54 Å². The van der Waals surface area contributed by atoms with E-state index in [2.05, 4.69) is 26.7 Å². The van der Waals surface area contributed by atoms with Gasteiger partial charge in [0.15, 0.2) is 0 Å². The first-order chi connectivity index (χ1) is 15.4. The fourth-order valence-electron chi connectivity index (χ4n) is 4.86. The van der Waals surface area contributed by atoms with Crippen molar-refractivity contribution in [3.8, 4) is 0 Å². The highest BCUT2D eigenvalue weighted by molar-refractivity contribution is 6.08. The second-order valence-corrected chi connectivity index (χ2v) is 8.48. The van der Waals surface area contributed by atoms with Gasteiger partial charge in [-0.15, -0.1) is 0 Å². The number of aromatic amines is 2. The van der Waals surface area contributed by atoms with Crippen molar-refractivity contribution >= 4 is 39.6 Å². The molecule has 3 amide bonds. The number of imide groups is 1. The number of likely N-dealkylation sites (N-methyl/N-ethyl adjacent to an activating group) is 1. The number of rotatable bonds is 3. The molecule has 0 radical (unpaired) electrons. The monoisotopic (exact) mass is 428 g/mol. The van der Waals surface area contributed by atoms with Crippen LogP contribution in [0.2, 0.25) is 0 Å². The van der Waals surface area contributed by atoms with Gasteiger partial charge in [0, 0.05) is 25.3 Å². The van der Waals surface area contributed by atoms with Gasteiger partial charge >= 0.3 is 11.7 Å². The first-order valence-electron chi connectivity index (χ1n) is 10.4. The standard InChI is InChI=1S/C23H20N6O3/c1-29-22(32)28-20(30)23(29)9-13-7-12-5-6-15(25-18(12)8-14(13)10-23)11-24-16-3-2-4-17-19(16)27-21(31)26-17/h2-8,24H,9-11H2,1H3,(H2,26,27,31)(H,28,30,32). The molecular weight excluding hydrogens is 408 g/mol. The molecule has 4 aromatic rings. The molecule has 1 spiro atoms. The molecule has 2 aromatic carbocycles. The van der Waals surface area contributed by atoms with Crippen LogP contribution >= 0.6 is 0 Å². The van der Waals surface area contributed by atoms with Crippen molar-refractivity contribution in [2.24, 2.45) is 0 Å². The van der Waals surface area contributed by atoms with Crippen LogP contribution in [0.4, 0.5) is 10.5 Å². The Morgan fingerprint density at radius 3 is 2.66 bits per heavy atom. The smallest absolute Gasteiger partial charge is 0.324 e. The van der Waals surface area contributed by atoms with Gasteiger partial charge < -0.3 is 20.2 Å². The molecule has 1 fully saturated rings. The number of hydrogen-bond donors (Lipinski definition) is 4. The number of benzene rings is 2. The highest BCUT2D eigenvalue weighted by Gasteiger charge is 2.54. The lowest BCUT2D eigenvalue weighted by Gasteiger charge is -2.27. The van der Waals surface area contributed by atoms with E-state index in [4.69, 9.17) is 4.98 Å². The minimum absolute atomic E-state index is 0.236. The van der Waals surface area contributed by atoms with Crippen LogP contribution in [0.5, 0.6) is 0 Å². The van der Waals surface area contributed by atoms with E-state index in [9.17, 15) is 14.4 Å². The van der Waals surface area contributed by atoms with Crippen LogP contribution in [0, 0.1) is 0 Å². The quantitative estimate of drug-likeness (QED) is 0.372. The van der Waals surface area contributed by atoms with Crippen molar-refractivity contribution in [2.45, 2.75) is 24.9 Å². The Labute approximate surface area is 181 Å². The molecule has 2 aliphatic rings. The molecule has 0 saturated carbocycles. The lowest BCUT2D eigenvalue weighted by molar-refractivity contribution is -0.125. The van der Waals surface area contributed by atoms with Gasteiger partial charge in [-0.2, -0.15) is 0 Å². The second kappa shape index (κ2) is 6.43. The number of anilines is 1. The number of urea groups is 1. The van der Waals surface area contributed by atoms with Crippen LogP contribution in [0.25, 0.3) is 21.9 Å². The largest absolute Gasteiger partial charge is 0.378 e. The summed E-state index contributed by atoms with van der Waals surface area (Å²) in [5, 5.41) is 6.77. The third kappa shape index (κ3) is 2.64. The van der Waals surface area contributed by atoms with Crippen LogP contribution in [-0.4, -0.2) is 44.4 Å². The predicted octanol–water partition coefficient (Wildman–Crippen LogP) is 2.04. The van der Waals surface area contributed by atoms with E-state index < -0.39 is 5.54 Å². The molecule has 4 N–H and O–H groups in total. The maximum Gasteiger partial charge on any atom is 0.324 e. The number of amides is 3. The van der Waals surface area contributed by atoms with Gasteiger partial charge in [-0.1, -0.05) is 12.1 Å². The van der Waals surface area contributed by atoms with Crippen molar-refractivity contribution in [1.29, 1.82) is 0 Å². The van der Waals surface area contributed by atoms with Crippen molar-refractivity contribution in [3.05, 3.63) is 69.8 Å². The summed E-state index contributed by atoms with van der Waals surface area (Å²) in [7, 11) is 1.67. The summed E-state index contributed by atoms with van der Waals surface area (Å²) in [5.41, 5.74) is 5.03. The third-order valence-corrected chi connectivity index (χ3v) is 6.63. The summed E-state index contributed by atoms with van der Waals surface area (Å²) in [5.74, 6) is -0.236. The fraction of sp³-hybridized carbons (Fsp3) is 0.217. The lowest BCUT2D eigenvalue weighted by Crippen LogP contribution is -2.48. The molecule has 2 aromatic heterocycles. The highest BCUT2D eigenvalue weighted by Crippen LogP contribution is 2.38. The molecule has 6 rings (SSSR count). The molecule has 3 heterocycles. The summed E-state index contributed by atoms with van der Waals surface area (Å²) in [6.45, 7) is 0.489. The van der Waals surface area contributed by atoms with E-state index in [1.165, 1.54) is 4.90 Å². The molecule has 1 aliphatic carbocycles. The van der Waals surface area contributed by atoms with Crippen molar-refractivity contribution < 1.29 is 9.59 Å². The van der Waals surface area contributed by atoms with E-state index in [0.717, 1.165) is 44.4 Å². The average molecular weight is 428 g/mol. The summed E-state index contributed by atoms with van der Waals surface area (Å²) in [4.78, 5) is 48.0. The number of carbonyl (C=O) groups excluding carboxylic acids is 2. The maximum absolute atomic E-state index is 12.5. The first kappa shape index (κ1) is 18.6. The number of hydrogen-bond acceptors (Lipinski definition) is 5. The average Bonchev–Trinajstić information content (AvgIpc) is 3.40. The van der Waals surface area contributed by atoms with Gasteiger partial charge in [-0.25, -0.2) is 9.59 Å². The number of fused-ring (bicyclic) bond motifs is 3. The van der Waals surface area contributed by atoms with E-state index >= 15 is 0 Å². The van der Waals surface area contributed by atoms with Crippen LogP contribution in [0.15, 0.2) is 47.3 Å². The number of nitrogens with one attached hydrogen (secondary N) is 4. The number of carbonyl (C=O) groups is 2. The Hall–Kier alpha value is -4.14. The number of imidazole rings is 1. The summed E-state index contributed by atoms with van der Waals surface area (Å²) in [6, 6.07) is 13.4. The van der Waals surface area contributed by atoms with Crippen LogP contribution in [0.1, 0.15) is 16.8 Å². The van der Waals surface area contributed by atoms with Crippen molar-refractivity contribution in [2.75, 3.05) is 12.4 Å². The number of H-pyrrole nitrogens is 2. The first-order valence-corrected chi connectivity index (χ1v) is 10.4. The Bertz CT molecular complexity index is 1500. The molecule has 160 valence electrons. The van der Waals surface area contributed by atoms with Crippen LogP contribution in [0.3, 0.4) is 0 Å². The molecule has 9 heteroatoms. The second-order valence-electron chi connectivity index (χ2n) is 8.48. The Morgan fingerprint density at radius 2 is 1.88 bits per heavy atom. The SMILES string of the molecule is CN1C(=O)NC(=O)C12Cc1cc3ccc(CNc4cccc5[nH]c(=O)[nH]c45)nc3cc1C2. The zero-order valence-corrected chi connectivity index (χ0v) is 17.3. The van der Waals surface area contributed by atoms with Gasteiger partial charge in [0.05, 0.1) is 34.5 Å². The van der Waals surface area contributed by atoms with E-state index in [0.29, 0.717) is 19.4 Å². The minimum atomic E-state index is -0.840. The Kier molecular flexibility index (Phi) is 3.74. The van der Waals surface area contributed by atoms with Gasteiger partial charge in [-0.3, -0.25) is 15.1 Å². The van der Waals surface area contributed by atoms with E-state index in [1.54, 1.807) is 7.05 Å². The summed E-state index contributed by atoms with van der Waals surface area (Å²) in [6.07, 6.45) is 0.994. The van der Waals surface area contributed by atoms with E-state index in [-0.39, 0.29) is 17.6 Å². The zero-order valence-electron chi connectivity index (χ0n) is 17.3. The normalized spacial score (nSPS) is 19.8. The number of aromatic nitrogens is 3. The summed E-state index contributed by atoms with van der Waals surface area (Å²) >= 11 is 0. The third-order valence-electron chi connectivity index (χ3n) is 6.63. The highest BCUT2D eigenvalue weighted by atomic mass is 16.2. The zero-order chi connectivity index (χ0) is 22.0. The van der Waals surface area contributed by atoms with Gasteiger partial charge in [0.25, 0.3) is 5.91 Å². The number of pyridine rings is 1. The van der Waals surface area contributed by atoms with Gasteiger partial charge in [0.2, 0.25) is 0 Å². The Morgan fingerprint density at radius 1 is 1.06 bits per heavy atom. The lowest BCUT2D eigenvalue weighted by atomic mass is 9.95. The molecule has 1 unspecified atom stereocenters. The van der Waals surface area contributed by atoms with Crippen molar-refractivity contribution in [1.82, 2.24) is 25.2 Å². The molecule has 1 saturated heterocycles. The van der Waals surface area contributed by atoms with Crippen LogP contribution < -0.4 is 16.3 Å². The molecule has 0 bridgehead atoms. The summed E-state index contributed by atoms with van der Waals surface area (Å²) < 4.78 is 0. The molecular formula is C23H20N6O3. The Balaban J connectivity index is 1.29. The predicted molar refractivity (Wildman–Crippen MR) is 119 cm³/mol. The topological polar surface area (TPSA) is 123 Å². The number of para-hydroxylation sites is 1. The molecule has 1 atom stereocenters. The fourth-order valence-corrected chi connectivity index (χ4v) is 4.86. The molecule has 32 heavy (non-hydrogen) atoms. The number of nitrogens with zero attached hydrogens (tertiary/aromatic N) is 2. The van der Waals surface area contributed by atoms with Crippen LogP contribution in [-0.2, 0) is 24.2 Å². The molecule has 1 aliphatic heterocycles. The minimum Gasteiger partial charge on any atom is -0.378 e. The van der Waals surface area contributed by atoms with Gasteiger partial charge in [-0.05, 0) is 41.5 Å². The van der Waals surface area contributed by atoms with E-state index in [1.807, 2.05) is 36.4 Å². The van der Waals surface area contributed by atoms with Crippen molar-refractivity contribution in [3.63, 3.8) is 0 Å². The molecule has 9 nitrogen and oxygen atoms in total.